The van der Waals surface area contributed by atoms with E-state index < -0.39 is 11.3 Å². The van der Waals surface area contributed by atoms with E-state index in [0.717, 1.165) is 0 Å². The molecule has 0 spiro atoms. The molecular formula is C11H12N4O. The summed E-state index contributed by atoms with van der Waals surface area (Å²) in [7, 11) is 0. The maximum Gasteiger partial charge on any atom is 0.233 e. The fourth-order valence-corrected chi connectivity index (χ4v) is 1.60. The molecule has 1 amide bonds. The monoisotopic (exact) mass is 216 g/mol. The number of aromatic nitrogens is 3. The third-order valence-electron chi connectivity index (χ3n) is 2.75. The van der Waals surface area contributed by atoms with Crippen LogP contribution in [0.2, 0.25) is 0 Å². The summed E-state index contributed by atoms with van der Waals surface area (Å²) in [4.78, 5) is 15.8. The highest BCUT2D eigenvalue weighted by Crippen LogP contribution is 2.29. The molecule has 82 valence electrons. The molecule has 0 aliphatic rings. The van der Waals surface area contributed by atoms with Gasteiger partial charge in [-0.2, -0.15) is 5.10 Å². The van der Waals surface area contributed by atoms with Crippen LogP contribution in [0.3, 0.4) is 0 Å². The molecule has 2 heterocycles. The van der Waals surface area contributed by atoms with Gasteiger partial charge in [0.2, 0.25) is 5.91 Å². The molecular weight excluding hydrogens is 204 g/mol. The highest BCUT2D eigenvalue weighted by molar-refractivity contribution is 5.89. The van der Waals surface area contributed by atoms with Gasteiger partial charge in [-0.15, -0.1) is 0 Å². The Morgan fingerprint density at radius 3 is 2.81 bits per heavy atom. The highest BCUT2D eigenvalue weighted by Gasteiger charge is 2.37. The smallest absolute Gasteiger partial charge is 0.233 e. The first-order valence-corrected chi connectivity index (χ1v) is 4.86. The average Bonchev–Trinajstić information content (AvgIpc) is 2.82. The second-order valence-electron chi connectivity index (χ2n) is 3.69. The molecule has 0 saturated heterocycles. The number of primary amides is 1. The van der Waals surface area contributed by atoms with Crippen LogP contribution in [0.4, 0.5) is 0 Å². The Kier molecular flexibility index (Phi) is 2.44. The SMILES string of the molecule is CC(C(N)=O)(c1cn[nH]c1)c1ccccn1. The molecule has 5 nitrogen and oxygen atoms in total. The minimum atomic E-state index is -0.950. The van der Waals surface area contributed by atoms with Crippen LogP contribution in [-0.4, -0.2) is 21.1 Å². The third-order valence-corrected chi connectivity index (χ3v) is 2.75. The Bertz CT molecular complexity index is 480. The summed E-state index contributed by atoms with van der Waals surface area (Å²) in [5.74, 6) is -0.451. The zero-order valence-corrected chi connectivity index (χ0v) is 8.84. The van der Waals surface area contributed by atoms with Gasteiger partial charge in [0, 0.05) is 18.0 Å². The van der Waals surface area contributed by atoms with Crippen molar-refractivity contribution in [3.63, 3.8) is 0 Å². The van der Waals surface area contributed by atoms with Gasteiger partial charge in [-0.3, -0.25) is 14.9 Å². The Labute approximate surface area is 92.7 Å². The van der Waals surface area contributed by atoms with Crippen molar-refractivity contribution in [3.05, 3.63) is 48.0 Å². The zero-order valence-electron chi connectivity index (χ0n) is 8.84. The van der Waals surface area contributed by atoms with Crippen molar-refractivity contribution in [1.29, 1.82) is 0 Å². The van der Waals surface area contributed by atoms with Gasteiger partial charge < -0.3 is 5.73 Å². The number of amides is 1. The summed E-state index contributed by atoms with van der Waals surface area (Å²) in [6, 6.07) is 5.39. The number of nitrogens with one attached hydrogen (secondary N) is 1. The standard InChI is InChI=1S/C11H12N4O/c1-11(10(12)16,8-6-14-15-7-8)9-4-2-3-5-13-9/h2-7H,1H3,(H2,12,16)(H,14,15). The van der Waals surface area contributed by atoms with Gasteiger partial charge in [0.05, 0.1) is 11.9 Å². The first-order chi connectivity index (χ1) is 7.65. The maximum atomic E-state index is 11.7. The molecule has 1 unspecified atom stereocenters. The molecule has 0 saturated carbocycles. The molecule has 2 aromatic heterocycles. The summed E-state index contributed by atoms with van der Waals surface area (Å²) >= 11 is 0. The second-order valence-corrected chi connectivity index (χ2v) is 3.69. The van der Waals surface area contributed by atoms with E-state index in [0.29, 0.717) is 11.3 Å². The van der Waals surface area contributed by atoms with Crippen LogP contribution in [0.15, 0.2) is 36.8 Å². The lowest BCUT2D eigenvalue weighted by molar-refractivity contribution is -0.121. The number of pyridine rings is 1. The van der Waals surface area contributed by atoms with Crippen LogP contribution in [0.25, 0.3) is 0 Å². The average molecular weight is 216 g/mol. The van der Waals surface area contributed by atoms with Crippen LogP contribution < -0.4 is 5.73 Å². The van der Waals surface area contributed by atoms with Crippen molar-refractivity contribution >= 4 is 5.91 Å². The van der Waals surface area contributed by atoms with Crippen molar-refractivity contribution in [3.8, 4) is 0 Å². The number of aromatic amines is 1. The Morgan fingerprint density at radius 2 is 2.31 bits per heavy atom. The van der Waals surface area contributed by atoms with E-state index in [1.54, 1.807) is 37.6 Å². The number of rotatable bonds is 3. The number of hydrogen-bond donors (Lipinski definition) is 2. The molecule has 5 heteroatoms. The molecule has 2 rings (SSSR count). The highest BCUT2D eigenvalue weighted by atomic mass is 16.1. The van der Waals surface area contributed by atoms with Crippen molar-refractivity contribution in [2.24, 2.45) is 5.73 Å². The van der Waals surface area contributed by atoms with Crippen LogP contribution in [0.5, 0.6) is 0 Å². The normalized spacial score (nSPS) is 14.3. The minimum absolute atomic E-state index is 0.451. The van der Waals surface area contributed by atoms with Crippen LogP contribution in [0, 0.1) is 0 Å². The first kappa shape index (κ1) is 10.4. The number of carbonyl (C=O) groups is 1. The second kappa shape index (κ2) is 3.77. The summed E-state index contributed by atoms with van der Waals surface area (Å²) in [5, 5.41) is 6.51. The van der Waals surface area contributed by atoms with Crippen LogP contribution in [-0.2, 0) is 10.2 Å². The summed E-state index contributed by atoms with van der Waals surface area (Å²) in [6.45, 7) is 1.74. The first-order valence-electron chi connectivity index (χ1n) is 4.86. The number of H-pyrrole nitrogens is 1. The molecule has 0 fully saturated rings. The molecule has 0 aliphatic carbocycles. The number of carbonyl (C=O) groups excluding carboxylic acids is 1. The molecule has 0 aliphatic heterocycles. The molecule has 2 aromatic rings. The lowest BCUT2D eigenvalue weighted by atomic mass is 9.80. The van der Waals surface area contributed by atoms with Crippen LogP contribution >= 0.6 is 0 Å². The zero-order chi connectivity index (χ0) is 11.6. The van der Waals surface area contributed by atoms with Gasteiger partial charge in [-0.1, -0.05) is 6.07 Å². The topological polar surface area (TPSA) is 84.7 Å². The van der Waals surface area contributed by atoms with E-state index in [-0.39, 0.29) is 0 Å². The molecule has 0 radical (unpaired) electrons. The largest absolute Gasteiger partial charge is 0.369 e. The van der Waals surface area contributed by atoms with Gasteiger partial charge in [0.1, 0.15) is 5.41 Å². The van der Waals surface area contributed by atoms with Crippen molar-refractivity contribution < 1.29 is 4.79 Å². The summed E-state index contributed by atoms with van der Waals surface area (Å²) in [6.07, 6.45) is 4.87. The van der Waals surface area contributed by atoms with Gasteiger partial charge in [-0.25, -0.2) is 0 Å². The maximum absolute atomic E-state index is 11.7. The number of nitrogens with zero attached hydrogens (tertiary/aromatic N) is 2. The van der Waals surface area contributed by atoms with Crippen molar-refractivity contribution in [2.45, 2.75) is 12.3 Å². The van der Waals surface area contributed by atoms with Crippen LogP contribution in [0.1, 0.15) is 18.2 Å². The van der Waals surface area contributed by atoms with E-state index in [2.05, 4.69) is 15.2 Å². The van der Waals surface area contributed by atoms with Crippen molar-refractivity contribution in [2.75, 3.05) is 0 Å². The summed E-state index contributed by atoms with van der Waals surface area (Å²) < 4.78 is 0. The Hall–Kier alpha value is -2.17. The molecule has 1 atom stereocenters. The van der Waals surface area contributed by atoms with Gasteiger partial charge in [0.15, 0.2) is 0 Å². The van der Waals surface area contributed by atoms with Crippen molar-refractivity contribution in [1.82, 2.24) is 15.2 Å². The van der Waals surface area contributed by atoms with E-state index in [1.165, 1.54) is 0 Å². The van der Waals surface area contributed by atoms with E-state index in [9.17, 15) is 4.79 Å². The predicted molar refractivity (Wildman–Crippen MR) is 58.5 cm³/mol. The molecule has 16 heavy (non-hydrogen) atoms. The van der Waals surface area contributed by atoms with Gasteiger partial charge in [0.25, 0.3) is 0 Å². The quantitative estimate of drug-likeness (QED) is 0.787. The number of hydrogen-bond acceptors (Lipinski definition) is 3. The van der Waals surface area contributed by atoms with E-state index >= 15 is 0 Å². The van der Waals surface area contributed by atoms with E-state index in [1.807, 2.05) is 6.07 Å². The molecule has 3 N–H and O–H groups in total. The lowest BCUT2D eigenvalue weighted by Gasteiger charge is -2.23. The fourth-order valence-electron chi connectivity index (χ4n) is 1.60. The summed E-state index contributed by atoms with van der Waals surface area (Å²) in [5.41, 5.74) is 5.85. The fraction of sp³-hybridized carbons (Fsp3) is 0.182. The lowest BCUT2D eigenvalue weighted by Crippen LogP contribution is -2.40. The number of nitrogens with two attached hydrogens (primary N) is 1. The molecule has 0 aromatic carbocycles. The molecule has 0 bridgehead atoms. The Morgan fingerprint density at radius 1 is 1.50 bits per heavy atom. The van der Waals surface area contributed by atoms with Gasteiger partial charge >= 0.3 is 0 Å². The van der Waals surface area contributed by atoms with Gasteiger partial charge in [-0.05, 0) is 19.1 Å². The predicted octanol–water partition coefficient (Wildman–Crippen LogP) is 0.596. The third kappa shape index (κ3) is 1.46. The Balaban J connectivity index is 2.58. The van der Waals surface area contributed by atoms with E-state index in [4.69, 9.17) is 5.73 Å². The minimum Gasteiger partial charge on any atom is -0.369 e.